The van der Waals surface area contributed by atoms with Crippen LogP contribution in [-0.4, -0.2) is 54.7 Å². The molecule has 1 aromatic carbocycles. The molecule has 7 heteroatoms. The van der Waals surface area contributed by atoms with Crippen LogP contribution in [0.3, 0.4) is 0 Å². The summed E-state index contributed by atoms with van der Waals surface area (Å²) in [5, 5.41) is 8.82. The van der Waals surface area contributed by atoms with Crippen LogP contribution in [0.15, 0.2) is 85.2 Å². The average molecular weight is 502 g/mol. The summed E-state index contributed by atoms with van der Waals surface area (Å²) in [5.74, 6) is 0.697. The maximum absolute atomic E-state index is 4.92. The van der Waals surface area contributed by atoms with Crippen LogP contribution in [0.25, 0.3) is 50.4 Å². The van der Waals surface area contributed by atoms with Crippen LogP contribution >= 0.6 is 0 Å². The molecular weight excluding hydrogens is 470 g/mol. The fourth-order valence-electron chi connectivity index (χ4n) is 5.19. The molecule has 5 aromatic rings. The van der Waals surface area contributed by atoms with Crippen LogP contribution in [0.1, 0.15) is 31.7 Å². The van der Waals surface area contributed by atoms with Crippen molar-refractivity contribution in [2.45, 2.75) is 26.2 Å². The van der Waals surface area contributed by atoms with Crippen molar-refractivity contribution in [1.29, 1.82) is 0 Å². The number of nitrogens with zero attached hydrogens (tertiary/aromatic N) is 5. The number of likely N-dealkylation sites (tertiary alicyclic amines) is 1. The van der Waals surface area contributed by atoms with Crippen LogP contribution in [-0.2, 0) is 0 Å². The number of aromatic nitrogens is 6. The number of H-pyrrole nitrogens is 2. The van der Waals surface area contributed by atoms with Crippen LogP contribution in [0.2, 0.25) is 0 Å². The van der Waals surface area contributed by atoms with Crippen molar-refractivity contribution < 1.29 is 0 Å². The molecule has 0 radical (unpaired) electrons. The third-order valence-electron chi connectivity index (χ3n) is 7.20. The van der Waals surface area contributed by atoms with E-state index in [0.29, 0.717) is 5.82 Å². The van der Waals surface area contributed by atoms with E-state index < -0.39 is 0 Å². The molecule has 5 heterocycles. The zero-order valence-corrected chi connectivity index (χ0v) is 21.6. The Labute approximate surface area is 222 Å². The standard InChI is InChI=1S/C31H31N7/c1-3-21(20-38-16-8-5-9-17-38)18-22(4-2)23-11-12-25-24(19-23)28(37-36-25)31-34-27-13-15-33-29(30(27)35-31)26-10-6-7-14-32-26/h3-4,6-7,10-15,18-19H,1,5,8-9,16-17,20H2,2H3,(H,34,35)(H,36,37)/b21-18+,22-4+. The van der Waals surface area contributed by atoms with Gasteiger partial charge in [-0.2, -0.15) is 5.10 Å². The van der Waals surface area contributed by atoms with E-state index in [1.165, 1.54) is 24.8 Å². The number of aromatic amines is 2. The van der Waals surface area contributed by atoms with Crippen LogP contribution < -0.4 is 0 Å². The molecule has 0 amide bonds. The zero-order chi connectivity index (χ0) is 25.9. The van der Waals surface area contributed by atoms with E-state index in [0.717, 1.165) is 69.8 Å². The first-order valence-electron chi connectivity index (χ1n) is 13.2. The highest BCUT2D eigenvalue weighted by molar-refractivity contribution is 5.97. The SMILES string of the molecule is C=C/C(=C\C(=C/C)c1ccc2[nH]nc(-c3nc4c(-c5ccccn5)nccc4[nH]3)c2c1)CN1CCCCC1. The van der Waals surface area contributed by atoms with E-state index in [-0.39, 0.29) is 0 Å². The predicted molar refractivity (Wildman–Crippen MR) is 154 cm³/mol. The number of fused-ring (bicyclic) bond motifs is 2. The van der Waals surface area contributed by atoms with Crippen LogP contribution in [0.4, 0.5) is 0 Å². The molecule has 0 atom stereocenters. The zero-order valence-electron chi connectivity index (χ0n) is 21.6. The van der Waals surface area contributed by atoms with Crippen molar-refractivity contribution in [3.63, 3.8) is 0 Å². The molecule has 2 N–H and O–H groups in total. The Bertz CT molecular complexity index is 1650. The number of hydrogen-bond acceptors (Lipinski definition) is 5. The molecule has 0 unspecified atom stereocenters. The Morgan fingerprint density at radius 1 is 1.00 bits per heavy atom. The lowest BCUT2D eigenvalue weighted by Crippen LogP contribution is -2.31. The third-order valence-corrected chi connectivity index (χ3v) is 7.20. The van der Waals surface area contributed by atoms with Crippen molar-refractivity contribution in [2.24, 2.45) is 0 Å². The van der Waals surface area contributed by atoms with Gasteiger partial charge in [0.2, 0.25) is 0 Å². The second kappa shape index (κ2) is 10.6. The second-order valence-electron chi connectivity index (χ2n) is 9.69. The number of pyridine rings is 2. The Morgan fingerprint density at radius 3 is 2.68 bits per heavy atom. The van der Waals surface area contributed by atoms with Gasteiger partial charge in [-0.05, 0) is 79.9 Å². The minimum Gasteiger partial charge on any atom is -0.336 e. The quantitative estimate of drug-likeness (QED) is 0.247. The molecule has 6 rings (SSSR count). The van der Waals surface area contributed by atoms with Gasteiger partial charge in [0.1, 0.15) is 16.9 Å². The third kappa shape index (κ3) is 4.68. The second-order valence-corrected chi connectivity index (χ2v) is 9.69. The van der Waals surface area contributed by atoms with Crippen molar-refractivity contribution in [1.82, 2.24) is 35.0 Å². The van der Waals surface area contributed by atoms with Gasteiger partial charge >= 0.3 is 0 Å². The minimum absolute atomic E-state index is 0.697. The lowest BCUT2D eigenvalue weighted by Gasteiger charge is -2.26. The summed E-state index contributed by atoms with van der Waals surface area (Å²) in [6.45, 7) is 9.44. The normalized spacial score (nSPS) is 15.4. The Hall–Kier alpha value is -4.36. The maximum Gasteiger partial charge on any atom is 0.159 e. The van der Waals surface area contributed by atoms with Gasteiger partial charge in [-0.1, -0.05) is 43.4 Å². The molecule has 0 bridgehead atoms. The molecule has 1 saturated heterocycles. The highest BCUT2D eigenvalue weighted by Crippen LogP contribution is 2.31. The average Bonchev–Trinajstić information content (AvgIpc) is 3.60. The number of piperidine rings is 1. The molecule has 38 heavy (non-hydrogen) atoms. The fraction of sp³-hybridized carbons (Fsp3) is 0.226. The van der Waals surface area contributed by atoms with E-state index in [9.17, 15) is 0 Å². The summed E-state index contributed by atoms with van der Waals surface area (Å²) in [5.41, 5.74) is 8.48. The van der Waals surface area contributed by atoms with Gasteiger partial charge in [-0.15, -0.1) is 0 Å². The highest BCUT2D eigenvalue weighted by Gasteiger charge is 2.17. The maximum atomic E-state index is 4.92. The monoisotopic (exact) mass is 501 g/mol. The molecular formula is C31H31N7. The molecule has 0 saturated carbocycles. The topological polar surface area (TPSA) is 86.4 Å². The molecule has 4 aromatic heterocycles. The summed E-state index contributed by atoms with van der Waals surface area (Å²) in [6.07, 6.45) is 13.8. The van der Waals surface area contributed by atoms with Crippen LogP contribution in [0.5, 0.6) is 0 Å². The van der Waals surface area contributed by atoms with E-state index in [4.69, 9.17) is 4.98 Å². The van der Waals surface area contributed by atoms with Gasteiger partial charge in [-0.25, -0.2) is 4.98 Å². The summed E-state index contributed by atoms with van der Waals surface area (Å²) >= 11 is 0. The summed E-state index contributed by atoms with van der Waals surface area (Å²) in [4.78, 5) is 19.9. The molecule has 190 valence electrons. The summed E-state index contributed by atoms with van der Waals surface area (Å²) in [6, 6.07) is 14.1. The van der Waals surface area contributed by atoms with E-state index in [1.54, 1.807) is 12.4 Å². The van der Waals surface area contributed by atoms with E-state index >= 15 is 0 Å². The van der Waals surface area contributed by atoms with Gasteiger partial charge in [0, 0.05) is 24.3 Å². The number of benzene rings is 1. The van der Waals surface area contributed by atoms with Crippen molar-refractivity contribution in [3.8, 4) is 22.9 Å². The van der Waals surface area contributed by atoms with Gasteiger partial charge in [0.25, 0.3) is 0 Å². The largest absolute Gasteiger partial charge is 0.336 e. The summed E-state index contributed by atoms with van der Waals surface area (Å²) < 4.78 is 0. The molecule has 1 fully saturated rings. The summed E-state index contributed by atoms with van der Waals surface area (Å²) in [7, 11) is 0. The Morgan fingerprint density at radius 2 is 1.89 bits per heavy atom. The molecule has 0 spiro atoms. The lowest BCUT2D eigenvalue weighted by atomic mass is 10.00. The smallest absolute Gasteiger partial charge is 0.159 e. The Balaban J connectivity index is 1.36. The number of imidazole rings is 1. The van der Waals surface area contributed by atoms with Crippen molar-refractivity contribution >= 4 is 27.5 Å². The van der Waals surface area contributed by atoms with Gasteiger partial charge in [0.15, 0.2) is 5.82 Å². The fourth-order valence-corrected chi connectivity index (χ4v) is 5.19. The highest BCUT2D eigenvalue weighted by atomic mass is 15.1. The number of allylic oxidation sites excluding steroid dienone is 3. The van der Waals surface area contributed by atoms with E-state index in [1.807, 2.05) is 30.3 Å². The molecule has 1 aliphatic heterocycles. The van der Waals surface area contributed by atoms with Gasteiger partial charge < -0.3 is 4.98 Å². The van der Waals surface area contributed by atoms with Gasteiger partial charge in [0.05, 0.1) is 16.7 Å². The number of rotatable bonds is 7. The van der Waals surface area contributed by atoms with Gasteiger partial charge in [-0.3, -0.25) is 20.0 Å². The van der Waals surface area contributed by atoms with Crippen molar-refractivity contribution in [2.75, 3.05) is 19.6 Å². The first kappa shape index (κ1) is 24.0. The number of hydrogen-bond donors (Lipinski definition) is 2. The molecule has 0 aliphatic carbocycles. The molecule has 1 aliphatic rings. The lowest BCUT2D eigenvalue weighted by molar-refractivity contribution is 0.248. The Kier molecular flexibility index (Phi) is 6.67. The van der Waals surface area contributed by atoms with Crippen LogP contribution in [0, 0.1) is 0 Å². The minimum atomic E-state index is 0.697. The number of nitrogens with one attached hydrogen (secondary N) is 2. The first-order chi connectivity index (χ1) is 18.7. The first-order valence-corrected chi connectivity index (χ1v) is 13.2. The molecule has 7 nitrogen and oxygen atoms in total. The predicted octanol–water partition coefficient (Wildman–Crippen LogP) is 6.56. The van der Waals surface area contributed by atoms with Crippen molar-refractivity contribution in [3.05, 3.63) is 90.8 Å². The van der Waals surface area contributed by atoms with E-state index in [2.05, 4.69) is 73.9 Å².